The average Bonchev–Trinajstić information content (AvgIpc) is 3.25. The van der Waals surface area contributed by atoms with Crippen LogP contribution in [0.15, 0.2) is 17.4 Å². The summed E-state index contributed by atoms with van der Waals surface area (Å²) in [4.78, 5) is 23.6. The molecule has 1 N–H and O–H groups in total. The number of thiophene rings is 1. The van der Waals surface area contributed by atoms with E-state index in [1.54, 1.807) is 17.7 Å². The number of carbonyl (C=O) groups excluding carboxylic acids is 1. The summed E-state index contributed by atoms with van der Waals surface area (Å²) in [5.74, 6) is -0.0657. The summed E-state index contributed by atoms with van der Waals surface area (Å²) < 4.78 is 0. The average molecular weight is 394 g/mol. The van der Waals surface area contributed by atoms with E-state index < -0.39 is 0 Å². The largest absolute Gasteiger partial charge is 0.300 e. The Morgan fingerprint density at radius 2 is 2.04 bits per heavy atom. The third-order valence-electron chi connectivity index (χ3n) is 3.61. The Bertz CT molecular complexity index is 876. The summed E-state index contributed by atoms with van der Waals surface area (Å²) in [6.45, 7) is 6.14. The number of thioether (sulfide) groups is 1. The lowest BCUT2D eigenvalue weighted by atomic mass is 10.3. The molecule has 1 unspecified atom stereocenters. The minimum atomic E-state index is -0.239. The van der Waals surface area contributed by atoms with Crippen LogP contribution in [0.2, 0.25) is 0 Å². The highest BCUT2D eigenvalue weighted by Crippen LogP contribution is 2.34. The van der Waals surface area contributed by atoms with Gasteiger partial charge in [-0.2, -0.15) is 0 Å². The summed E-state index contributed by atoms with van der Waals surface area (Å²) in [6.07, 6.45) is 4.06. The maximum Gasteiger partial charge on any atom is 0.239 e. The van der Waals surface area contributed by atoms with Crippen LogP contribution in [0.1, 0.15) is 37.1 Å². The molecule has 3 heterocycles. The second kappa shape index (κ2) is 8.20. The molecule has 9 heteroatoms. The molecule has 0 aliphatic carbocycles. The van der Waals surface area contributed by atoms with Gasteiger partial charge in [-0.1, -0.05) is 43.9 Å². The number of aryl methyl sites for hydroxylation is 2. The summed E-state index contributed by atoms with van der Waals surface area (Å²) in [5, 5.41) is 14.1. The predicted molar refractivity (Wildman–Crippen MR) is 105 cm³/mol. The standard InChI is InChI=1S/C16H19N5OS3/c1-4-9-7-10-14(23-9)17-8-18-15(10)24-11(5-2)13(22)19-16-21-20-12(6-3)25-16/h7-8,11H,4-6H2,1-3H3,(H,19,21,22). The highest BCUT2D eigenvalue weighted by atomic mass is 32.2. The van der Waals surface area contributed by atoms with Gasteiger partial charge < -0.3 is 0 Å². The van der Waals surface area contributed by atoms with Crippen molar-refractivity contribution < 1.29 is 4.79 Å². The minimum Gasteiger partial charge on any atom is -0.300 e. The molecule has 6 nitrogen and oxygen atoms in total. The van der Waals surface area contributed by atoms with Crippen molar-refractivity contribution in [2.24, 2.45) is 0 Å². The molecule has 0 aliphatic rings. The Kier molecular flexibility index (Phi) is 5.98. The van der Waals surface area contributed by atoms with Crippen LogP contribution in [0.5, 0.6) is 0 Å². The lowest BCUT2D eigenvalue weighted by molar-refractivity contribution is -0.115. The molecule has 0 aliphatic heterocycles. The molecule has 3 rings (SSSR count). The van der Waals surface area contributed by atoms with Crippen molar-refractivity contribution >= 4 is 55.7 Å². The van der Waals surface area contributed by atoms with Crippen molar-refractivity contribution in [1.29, 1.82) is 0 Å². The first-order valence-corrected chi connectivity index (χ1v) is 10.7. The first-order chi connectivity index (χ1) is 12.1. The van der Waals surface area contributed by atoms with Crippen LogP contribution in [0.25, 0.3) is 10.2 Å². The lowest BCUT2D eigenvalue weighted by Crippen LogP contribution is -2.24. The van der Waals surface area contributed by atoms with Crippen molar-refractivity contribution in [2.75, 3.05) is 5.32 Å². The van der Waals surface area contributed by atoms with Crippen molar-refractivity contribution in [3.63, 3.8) is 0 Å². The van der Waals surface area contributed by atoms with E-state index in [-0.39, 0.29) is 11.2 Å². The monoisotopic (exact) mass is 393 g/mol. The number of anilines is 1. The van der Waals surface area contributed by atoms with Gasteiger partial charge >= 0.3 is 0 Å². The van der Waals surface area contributed by atoms with Crippen molar-refractivity contribution in [3.8, 4) is 0 Å². The van der Waals surface area contributed by atoms with Crippen LogP contribution in [0.4, 0.5) is 5.13 Å². The highest BCUT2D eigenvalue weighted by molar-refractivity contribution is 8.00. The number of nitrogens with one attached hydrogen (secondary N) is 1. The molecule has 3 aromatic heterocycles. The number of amides is 1. The summed E-state index contributed by atoms with van der Waals surface area (Å²) >= 11 is 4.58. The van der Waals surface area contributed by atoms with Crippen LogP contribution < -0.4 is 5.32 Å². The maximum absolute atomic E-state index is 12.6. The topological polar surface area (TPSA) is 80.7 Å². The number of carbonyl (C=O) groups is 1. The van der Waals surface area contributed by atoms with E-state index in [0.717, 1.165) is 33.1 Å². The molecule has 25 heavy (non-hydrogen) atoms. The molecule has 0 radical (unpaired) electrons. The Labute approximate surface area is 158 Å². The van der Waals surface area contributed by atoms with Crippen molar-refractivity contribution in [3.05, 3.63) is 22.3 Å². The zero-order valence-corrected chi connectivity index (χ0v) is 16.7. The molecular weight excluding hydrogens is 374 g/mol. The molecule has 0 bridgehead atoms. The van der Waals surface area contributed by atoms with E-state index in [1.807, 2.05) is 13.8 Å². The van der Waals surface area contributed by atoms with Gasteiger partial charge in [-0.3, -0.25) is 10.1 Å². The molecule has 0 spiro atoms. The molecule has 0 saturated carbocycles. The Balaban J connectivity index is 1.77. The second-order valence-corrected chi connectivity index (χ2v) is 8.69. The van der Waals surface area contributed by atoms with Gasteiger partial charge in [0.05, 0.1) is 5.25 Å². The number of rotatable bonds is 7. The van der Waals surface area contributed by atoms with E-state index in [4.69, 9.17) is 0 Å². The van der Waals surface area contributed by atoms with Gasteiger partial charge in [-0.25, -0.2) is 9.97 Å². The summed E-state index contributed by atoms with van der Waals surface area (Å²) in [5.41, 5.74) is 0. The SMILES string of the molecule is CCc1cc2c(SC(CC)C(=O)Nc3nnc(CC)s3)ncnc2s1. The van der Waals surface area contributed by atoms with E-state index in [1.165, 1.54) is 28.0 Å². The van der Waals surface area contributed by atoms with Gasteiger partial charge in [0.15, 0.2) is 0 Å². The summed E-state index contributed by atoms with van der Waals surface area (Å²) in [7, 11) is 0. The number of hydrogen-bond donors (Lipinski definition) is 1. The van der Waals surface area contributed by atoms with Crippen LogP contribution in [0.3, 0.4) is 0 Å². The fraction of sp³-hybridized carbons (Fsp3) is 0.438. The molecule has 1 atom stereocenters. The smallest absolute Gasteiger partial charge is 0.239 e. The maximum atomic E-state index is 12.6. The van der Waals surface area contributed by atoms with Crippen LogP contribution in [-0.4, -0.2) is 31.3 Å². The van der Waals surface area contributed by atoms with E-state index in [0.29, 0.717) is 11.6 Å². The van der Waals surface area contributed by atoms with E-state index in [2.05, 4.69) is 38.5 Å². The van der Waals surface area contributed by atoms with E-state index >= 15 is 0 Å². The molecule has 3 aromatic rings. The van der Waals surface area contributed by atoms with Gasteiger partial charge in [0.1, 0.15) is 21.2 Å². The first-order valence-electron chi connectivity index (χ1n) is 8.17. The molecule has 0 aromatic carbocycles. The van der Waals surface area contributed by atoms with E-state index in [9.17, 15) is 4.79 Å². The molecule has 0 fully saturated rings. The lowest BCUT2D eigenvalue weighted by Gasteiger charge is -2.13. The molecule has 1 amide bonds. The zero-order valence-electron chi connectivity index (χ0n) is 14.3. The zero-order chi connectivity index (χ0) is 17.8. The predicted octanol–water partition coefficient (Wildman–Crippen LogP) is 4.18. The first kappa shape index (κ1) is 18.2. The van der Waals surface area contributed by atoms with Gasteiger partial charge in [-0.05, 0) is 25.3 Å². The quantitative estimate of drug-likeness (QED) is 0.479. The van der Waals surface area contributed by atoms with Crippen LogP contribution in [0, 0.1) is 0 Å². The van der Waals surface area contributed by atoms with Crippen molar-refractivity contribution in [1.82, 2.24) is 20.2 Å². The number of fused-ring (bicyclic) bond motifs is 1. The third kappa shape index (κ3) is 4.16. The molecular formula is C16H19N5OS3. The van der Waals surface area contributed by atoms with Gasteiger partial charge in [0.2, 0.25) is 11.0 Å². The van der Waals surface area contributed by atoms with Crippen molar-refractivity contribution in [2.45, 2.75) is 50.3 Å². The Hall–Kier alpha value is -1.58. The number of aromatic nitrogens is 4. The highest BCUT2D eigenvalue weighted by Gasteiger charge is 2.22. The number of nitrogens with zero attached hydrogens (tertiary/aromatic N) is 4. The van der Waals surface area contributed by atoms with Gasteiger partial charge in [-0.15, -0.1) is 21.5 Å². The summed E-state index contributed by atoms with van der Waals surface area (Å²) in [6, 6.07) is 2.13. The Morgan fingerprint density at radius 3 is 2.72 bits per heavy atom. The Morgan fingerprint density at radius 1 is 1.20 bits per heavy atom. The van der Waals surface area contributed by atoms with Gasteiger partial charge in [0, 0.05) is 10.3 Å². The number of hydrogen-bond acceptors (Lipinski definition) is 8. The van der Waals surface area contributed by atoms with Crippen LogP contribution >= 0.6 is 34.4 Å². The fourth-order valence-electron chi connectivity index (χ4n) is 2.24. The van der Waals surface area contributed by atoms with Gasteiger partial charge in [0.25, 0.3) is 0 Å². The van der Waals surface area contributed by atoms with Crippen LogP contribution in [-0.2, 0) is 17.6 Å². The molecule has 132 valence electrons. The normalized spacial score (nSPS) is 12.4. The fourth-order valence-corrected chi connectivity index (χ4v) is 4.92. The minimum absolute atomic E-state index is 0.0657. The third-order valence-corrected chi connectivity index (χ3v) is 7.16. The second-order valence-electron chi connectivity index (χ2n) is 5.32. The molecule has 0 saturated heterocycles.